The molecule has 2 aromatic carbocycles. The van der Waals surface area contributed by atoms with Crippen molar-refractivity contribution in [2.75, 3.05) is 33.4 Å². The van der Waals surface area contributed by atoms with E-state index in [1.54, 1.807) is 25.9 Å². The van der Waals surface area contributed by atoms with Crippen molar-refractivity contribution in [2.24, 2.45) is 10.9 Å². The zero-order chi connectivity index (χ0) is 29.6. The van der Waals surface area contributed by atoms with E-state index in [0.717, 1.165) is 16.8 Å². The van der Waals surface area contributed by atoms with Gasteiger partial charge in [0.05, 0.1) is 50.0 Å². The van der Waals surface area contributed by atoms with E-state index in [4.69, 9.17) is 19.2 Å². The number of carbonyl (C=O) groups is 3. The van der Waals surface area contributed by atoms with Crippen molar-refractivity contribution in [1.29, 1.82) is 0 Å². The van der Waals surface area contributed by atoms with Gasteiger partial charge < -0.3 is 24.0 Å². The first-order valence-corrected chi connectivity index (χ1v) is 15.1. The van der Waals surface area contributed by atoms with Crippen LogP contribution in [0.1, 0.15) is 50.3 Å². The Labute approximate surface area is 250 Å². The summed E-state index contributed by atoms with van der Waals surface area (Å²) >= 11 is 1.44. The number of aliphatic imine (C=N–C) groups is 1. The van der Waals surface area contributed by atoms with Gasteiger partial charge in [0.25, 0.3) is 0 Å². The normalized spacial score (nSPS) is 18.7. The number of esters is 2. The van der Waals surface area contributed by atoms with Crippen LogP contribution in [0.2, 0.25) is 0 Å². The number of amidine groups is 1. The summed E-state index contributed by atoms with van der Waals surface area (Å²) < 4.78 is 16.1. The largest absolute Gasteiger partial charge is 0.497 e. The monoisotopic (exact) mass is 589 g/mol. The highest BCUT2D eigenvalue weighted by atomic mass is 32.2. The first kappa shape index (κ1) is 29.4. The smallest absolute Gasteiger partial charge is 0.338 e. The molecule has 0 N–H and O–H groups in total. The van der Waals surface area contributed by atoms with E-state index in [9.17, 15) is 14.4 Å². The van der Waals surface area contributed by atoms with Gasteiger partial charge in [-0.1, -0.05) is 54.2 Å². The second-order valence-electron chi connectivity index (χ2n) is 10.1. The summed E-state index contributed by atoms with van der Waals surface area (Å²) in [7, 11) is 1.61. The number of methoxy groups -OCH3 is 1. The highest BCUT2D eigenvalue weighted by Gasteiger charge is 2.43. The van der Waals surface area contributed by atoms with Gasteiger partial charge in [-0.15, -0.1) is 0 Å². The molecule has 5 rings (SSSR count). The highest BCUT2D eigenvalue weighted by Crippen LogP contribution is 2.47. The Morgan fingerprint density at radius 3 is 2.29 bits per heavy atom. The molecule has 3 aliphatic rings. The van der Waals surface area contributed by atoms with E-state index in [2.05, 4.69) is 0 Å². The Hall–Kier alpha value is -4.05. The van der Waals surface area contributed by atoms with Crippen LogP contribution >= 0.6 is 11.8 Å². The maximum atomic E-state index is 13.6. The molecule has 1 atom stereocenters. The molecular weight excluding hydrogens is 554 g/mol. The summed E-state index contributed by atoms with van der Waals surface area (Å²) in [5.41, 5.74) is 3.37. The third-order valence-corrected chi connectivity index (χ3v) is 8.47. The van der Waals surface area contributed by atoms with Crippen molar-refractivity contribution in [3.8, 4) is 5.75 Å². The molecule has 0 aliphatic carbocycles. The lowest BCUT2D eigenvalue weighted by Crippen LogP contribution is -2.42. The fourth-order valence-electron chi connectivity index (χ4n) is 5.48. The molecule has 9 nitrogen and oxygen atoms in total. The van der Waals surface area contributed by atoms with E-state index in [0.29, 0.717) is 54.7 Å². The summed E-state index contributed by atoms with van der Waals surface area (Å²) in [6.45, 7) is 5.14. The van der Waals surface area contributed by atoms with Gasteiger partial charge in [-0.2, -0.15) is 0 Å². The molecule has 0 spiro atoms. The van der Waals surface area contributed by atoms with Crippen LogP contribution in [-0.4, -0.2) is 66.2 Å². The third-order valence-electron chi connectivity index (χ3n) is 7.58. The van der Waals surface area contributed by atoms with Gasteiger partial charge in [0.15, 0.2) is 5.17 Å². The number of nitrogens with zero attached hydrogens (tertiary/aromatic N) is 3. The number of ether oxygens (including phenoxy) is 3. The summed E-state index contributed by atoms with van der Waals surface area (Å²) in [6.07, 6.45) is 1.30. The molecule has 10 heteroatoms. The highest BCUT2D eigenvalue weighted by molar-refractivity contribution is 8.16. The Morgan fingerprint density at radius 1 is 0.952 bits per heavy atom. The van der Waals surface area contributed by atoms with Gasteiger partial charge in [-0.25, -0.2) is 9.79 Å². The average molecular weight is 590 g/mol. The molecule has 220 valence electrons. The summed E-state index contributed by atoms with van der Waals surface area (Å²) in [5, 5.41) is 2.63. The van der Waals surface area contributed by atoms with Gasteiger partial charge in [0.1, 0.15) is 5.75 Å². The SMILES string of the molecule is CCOC(=O)C1=C(c2ccccc2)N=C2SC=C(CC(=O)N3CCC(C(=O)OCC)CC3)N2[C@@H]1c1ccc(OC)cc1. The minimum Gasteiger partial charge on any atom is -0.497 e. The maximum Gasteiger partial charge on any atom is 0.338 e. The van der Waals surface area contributed by atoms with Crippen LogP contribution in [0.5, 0.6) is 5.75 Å². The van der Waals surface area contributed by atoms with Crippen LogP contribution in [0, 0.1) is 5.92 Å². The number of piperidine rings is 1. The maximum absolute atomic E-state index is 13.6. The quantitative estimate of drug-likeness (QED) is 0.370. The van der Waals surface area contributed by atoms with E-state index in [1.165, 1.54) is 11.8 Å². The van der Waals surface area contributed by atoms with Crippen LogP contribution in [-0.2, 0) is 23.9 Å². The van der Waals surface area contributed by atoms with Crippen LogP contribution in [0.15, 0.2) is 76.3 Å². The lowest BCUT2D eigenvalue weighted by atomic mass is 9.91. The summed E-state index contributed by atoms with van der Waals surface area (Å²) in [4.78, 5) is 48.1. The first-order chi connectivity index (χ1) is 20.4. The predicted molar refractivity (Wildman–Crippen MR) is 161 cm³/mol. The van der Waals surface area contributed by atoms with Gasteiger partial charge in [0, 0.05) is 24.4 Å². The number of rotatable bonds is 9. The Bertz CT molecular complexity index is 1410. The van der Waals surface area contributed by atoms with Crippen LogP contribution in [0.4, 0.5) is 0 Å². The van der Waals surface area contributed by atoms with Crippen LogP contribution < -0.4 is 4.74 Å². The van der Waals surface area contributed by atoms with Crippen LogP contribution in [0.3, 0.4) is 0 Å². The van der Waals surface area contributed by atoms with Crippen molar-refractivity contribution in [3.05, 3.63) is 82.4 Å². The van der Waals surface area contributed by atoms with Crippen LogP contribution in [0.25, 0.3) is 5.70 Å². The first-order valence-electron chi connectivity index (χ1n) is 14.2. The average Bonchev–Trinajstić information content (AvgIpc) is 3.43. The molecule has 3 heterocycles. The zero-order valence-corrected chi connectivity index (χ0v) is 24.9. The van der Waals surface area contributed by atoms with E-state index in [-0.39, 0.29) is 30.8 Å². The van der Waals surface area contributed by atoms with Gasteiger partial charge in [0.2, 0.25) is 5.91 Å². The molecule has 0 saturated carbocycles. The van der Waals surface area contributed by atoms with Gasteiger partial charge in [-0.05, 0) is 49.8 Å². The number of thioether (sulfide) groups is 1. The Balaban J connectivity index is 1.47. The predicted octanol–water partition coefficient (Wildman–Crippen LogP) is 5.16. The number of likely N-dealkylation sites (tertiary alicyclic amines) is 1. The fraction of sp³-hybridized carbons (Fsp3) is 0.375. The number of amides is 1. The molecule has 0 aromatic heterocycles. The molecule has 3 aliphatic heterocycles. The Morgan fingerprint density at radius 2 is 1.64 bits per heavy atom. The molecule has 1 saturated heterocycles. The van der Waals surface area contributed by atoms with Crippen molar-refractivity contribution < 1.29 is 28.6 Å². The molecule has 42 heavy (non-hydrogen) atoms. The molecular formula is C32H35N3O6S. The van der Waals surface area contributed by atoms with Crippen molar-refractivity contribution in [2.45, 2.75) is 39.2 Å². The van der Waals surface area contributed by atoms with E-state index in [1.807, 2.05) is 64.9 Å². The molecule has 1 amide bonds. The topological polar surface area (TPSA) is 97.7 Å². The van der Waals surface area contributed by atoms with Crippen molar-refractivity contribution in [1.82, 2.24) is 9.80 Å². The second-order valence-corrected chi connectivity index (χ2v) is 10.9. The lowest BCUT2D eigenvalue weighted by molar-refractivity contribution is -0.151. The molecule has 2 aromatic rings. The standard InChI is InChI=1S/C32H35N3O6S/c1-4-40-30(37)23-15-17-34(18-16-23)26(36)19-24-20-42-32-33-28(21-9-7-6-8-10-21)27(31(38)41-5-2)29(35(24)32)22-11-13-25(39-3)14-12-22/h6-14,20,23,29H,4-5,15-19H2,1-3H3/t29-/m1/s1. The number of hydrogen-bond donors (Lipinski definition) is 0. The molecule has 0 unspecified atom stereocenters. The van der Waals surface area contributed by atoms with Crippen molar-refractivity contribution in [3.63, 3.8) is 0 Å². The molecule has 1 fully saturated rings. The minimum atomic E-state index is -0.568. The number of benzene rings is 2. The number of hydrogen-bond acceptors (Lipinski definition) is 9. The number of carbonyl (C=O) groups excluding carboxylic acids is 3. The molecule has 0 bridgehead atoms. The van der Waals surface area contributed by atoms with E-state index >= 15 is 0 Å². The Kier molecular flexibility index (Phi) is 9.31. The van der Waals surface area contributed by atoms with Gasteiger partial charge >= 0.3 is 11.9 Å². The van der Waals surface area contributed by atoms with E-state index < -0.39 is 12.0 Å². The lowest BCUT2D eigenvalue weighted by Gasteiger charge is -2.37. The molecule has 0 radical (unpaired) electrons. The fourth-order valence-corrected chi connectivity index (χ4v) is 6.40. The minimum absolute atomic E-state index is 0.0330. The van der Waals surface area contributed by atoms with Crippen molar-refractivity contribution >= 4 is 40.5 Å². The second kappa shape index (κ2) is 13.3. The van der Waals surface area contributed by atoms with Gasteiger partial charge in [-0.3, -0.25) is 9.59 Å². The number of fused-ring (bicyclic) bond motifs is 1. The third kappa shape index (κ3) is 6.09. The summed E-state index contributed by atoms with van der Waals surface area (Å²) in [5.74, 6) is -0.160. The summed E-state index contributed by atoms with van der Waals surface area (Å²) in [6, 6.07) is 16.6. The zero-order valence-electron chi connectivity index (χ0n) is 24.1.